The molecule has 164 valence electrons. The third kappa shape index (κ3) is 2.11. The Morgan fingerprint density at radius 3 is 1.66 bits per heavy atom. The van der Waals surface area contributed by atoms with Crippen LogP contribution in [-0.2, 0) is 32.0 Å². The average Bonchev–Trinajstić information content (AvgIpc) is 3.50. The molecule has 8 nitrogen and oxygen atoms in total. The molecule has 8 heteroatoms. The van der Waals surface area contributed by atoms with Crippen molar-refractivity contribution in [1.82, 2.24) is 19.1 Å². The molecule has 0 unspecified atom stereocenters. The van der Waals surface area contributed by atoms with Gasteiger partial charge in [0, 0.05) is 5.39 Å². The lowest BCUT2D eigenvalue weighted by Gasteiger charge is -2.18. The summed E-state index contributed by atoms with van der Waals surface area (Å²) in [7, 11) is 0. The molecule has 0 aliphatic carbocycles. The van der Waals surface area contributed by atoms with E-state index in [-0.39, 0.29) is 24.4 Å². The van der Waals surface area contributed by atoms with E-state index in [1.54, 1.807) is 0 Å². The van der Waals surface area contributed by atoms with E-state index in [9.17, 15) is 0 Å². The second-order valence-electron chi connectivity index (χ2n) is 10.3. The summed E-state index contributed by atoms with van der Waals surface area (Å²) in [5.41, 5.74) is 4.17. The molecule has 32 heavy (non-hydrogen) atoms. The van der Waals surface area contributed by atoms with Crippen molar-refractivity contribution in [3.05, 3.63) is 35.9 Å². The van der Waals surface area contributed by atoms with E-state index in [0.717, 1.165) is 57.6 Å². The maximum Gasteiger partial charge on any atom is 0.164 e. The van der Waals surface area contributed by atoms with Gasteiger partial charge in [0.05, 0.1) is 35.2 Å². The van der Waals surface area contributed by atoms with Crippen LogP contribution in [0.3, 0.4) is 0 Å². The zero-order valence-electron chi connectivity index (χ0n) is 18.5. The fraction of sp³-hybridized carbons (Fsp3) is 0.500. The van der Waals surface area contributed by atoms with Gasteiger partial charge < -0.3 is 28.1 Å². The largest absolute Gasteiger partial charge is 0.342 e. The molecule has 2 saturated heterocycles. The summed E-state index contributed by atoms with van der Waals surface area (Å²) >= 11 is 0. The molecule has 0 spiro atoms. The highest BCUT2D eigenvalue weighted by Gasteiger charge is 2.50. The van der Waals surface area contributed by atoms with Crippen LogP contribution in [0.5, 0.6) is 0 Å². The van der Waals surface area contributed by atoms with Crippen LogP contribution in [0, 0.1) is 0 Å². The number of hydrogen-bond acceptors (Lipinski definition) is 6. The third-order valence-electron chi connectivity index (χ3n) is 7.28. The summed E-state index contributed by atoms with van der Waals surface area (Å²) in [4.78, 5) is 10.2. The highest BCUT2D eigenvalue weighted by molar-refractivity contribution is 6.16. The lowest BCUT2D eigenvalue weighted by Crippen LogP contribution is -2.23. The first kappa shape index (κ1) is 18.0. The summed E-state index contributed by atoms with van der Waals surface area (Å²) in [5, 5.41) is 2.23. The first-order chi connectivity index (χ1) is 15.3. The standard InChI is InChI=1S/C24H24N4O4/c1-23(2)29-14-9-27-12-7-5-11-6-8-13-18(16(11)17(12)25-21(27)19(14)31-23)26-22-20-15(10-28(13)22)30-24(3,4)32-20/h5-8,14-15,19-20H,9-10H2,1-4H3/t14-,15-,19-,20-/m0/s1. The number of fused-ring (bicyclic) bond motifs is 13. The van der Waals surface area contributed by atoms with Crippen LogP contribution in [0.1, 0.15) is 51.6 Å². The Labute approximate surface area is 184 Å². The van der Waals surface area contributed by atoms with Crippen molar-refractivity contribution in [3.63, 3.8) is 0 Å². The lowest BCUT2D eigenvalue weighted by atomic mass is 10.1. The number of ether oxygens (including phenoxy) is 4. The van der Waals surface area contributed by atoms with E-state index in [1.165, 1.54) is 0 Å². The van der Waals surface area contributed by atoms with Gasteiger partial charge in [-0.1, -0.05) is 12.1 Å². The van der Waals surface area contributed by atoms with Crippen LogP contribution in [0.2, 0.25) is 0 Å². The van der Waals surface area contributed by atoms with E-state index in [4.69, 9.17) is 28.9 Å². The first-order valence-corrected chi connectivity index (χ1v) is 11.3. The Morgan fingerprint density at radius 1 is 0.719 bits per heavy atom. The molecule has 4 aromatic rings. The van der Waals surface area contributed by atoms with Gasteiger partial charge in [-0.05, 0) is 45.2 Å². The van der Waals surface area contributed by atoms with Gasteiger partial charge in [0.2, 0.25) is 0 Å². The average molecular weight is 432 g/mol. The Kier molecular flexibility index (Phi) is 3.00. The summed E-state index contributed by atoms with van der Waals surface area (Å²) in [5.74, 6) is 0.737. The zero-order chi connectivity index (χ0) is 21.6. The Bertz CT molecular complexity index is 1370. The van der Waals surface area contributed by atoms with Crippen LogP contribution < -0.4 is 0 Å². The zero-order valence-corrected chi connectivity index (χ0v) is 18.5. The van der Waals surface area contributed by atoms with Gasteiger partial charge in [0.1, 0.15) is 36.1 Å². The molecule has 0 N–H and O–H groups in total. The van der Waals surface area contributed by atoms with Crippen molar-refractivity contribution in [2.45, 2.75) is 76.8 Å². The summed E-state index contributed by atoms with van der Waals surface area (Å²) in [6.45, 7) is 9.37. The molecular weight excluding hydrogens is 408 g/mol. The monoisotopic (exact) mass is 432 g/mol. The molecular formula is C24H24N4O4. The van der Waals surface area contributed by atoms with Gasteiger partial charge in [-0.25, -0.2) is 9.97 Å². The van der Waals surface area contributed by atoms with E-state index in [0.29, 0.717) is 0 Å². The van der Waals surface area contributed by atoms with Gasteiger partial charge in [-0.2, -0.15) is 0 Å². The van der Waals surface area contributed by atoms with Crippen molar-refractivity contribution in [2.75, 3.05) is 0 Å². The van der Waals surface area contributed by atoms with Crippen LogP contribution in [-0.4, -0.2) is 42.9 Å². The molecule has 6 heterocycles. The lowest BCUT2D eigenvalue weighted by molar-refractivity contribution is -0.151. The van der Waals surface area contributed by atoms with Crippen molar-refractivity contribution < 1.29 is 18.9 Å². The Hall–Kier alpha value is -2.52. The van der Waals surface area contributed by atoms with Crippen molar-refractivity contribution >= 4 is 32.8 Å². The summed E-state index contributed by atoms with van der Waals surface area (Å²) in [6.07, 6.45) is -0.240. The predicted molar refractivity (Wildman–Crippen MR) is 116 cm³/mol. The molecule has 4 aliphatic heterocycles. The molecule has 2 fully saturated rings. The quantitative estimate of drug-likeness (QED) is 0.419. The molecule has 0 bridgehead atoms. The van der Waals surface area contributed by atoms with Crippen molar-refractivity contribution in [1.29, 1.82) is 0 Å². The highest BCUT2D eigenvalue weighted by atomic mass is 16.8. The first-order valence-electron chi connectivity index (χ1n) is 11.3. The fourth-order valence-corrected chi connectivity index (χ4v) is 6.17. The van der Waals surface area contributed by atoms with Crippen molar-refractivity contribution in [3.8, 4) is 0 Å². The Balaban J connectivity index is 1.35. The van der Waals surface area contributed by atoms with Gasteiger partial charge in [0.25, 0.3) is 0 Å². The SMILES string of the molecule is CC1(C)O[C@H]2Cn3c(nc4c5c(ccc43)ccc3c5nc4n3C[C@@H]3OC(C)(C)O[C@H]43)[C@H]2O1. The summed E-state index contributed by atoms with van der Waals surface area (Å²) < 4.78 is 29.1. The maximum absolute atomic E-state index is 6.19. The molecule has 2 aromatic carbocycles. The topological polar surface area (TPSA) is 72.6 Å². The van der Waals surface area contributed by atoms with Crippen LogP contribution in [0.4, 0.5) is 0 Å². The number of hydrogen-bond donors (Lipinski definition) is 0. The molecule has 0 amide bonds. The molecule has 2 aromatic heterocycles. The van der Waals surface area contributed by atoms with Gasteiger partial charge >= 0.3 is 0 Å². The second-order valence-corrected chi connectivity index (χ2v) is 10.3. The second kappa shape index (κ2) is 5.34. The van der Waals surface area contributed by atoms with Gasteiger partial charge in [-0.3, -0.25) is 0 Å². The fourth-order valence-electron chi connectivity index (χ4n) is 6.17. The van der Waals surface area contributed by atoms with Gasteiger partial charge in [0.15, 0.2) is 11.6 Å². The number of rotatable bonds is 0. The van der Waals surface area contributed by atoms with Gasteiger partial charge in [-0.15, -0.1) is 0 Å². The van der Waals surface area contributed by atoms with E-state index in [2.05, 4.69) is 33.4 Å². The normalized spacial score (nSPS) is 31.5. The molecule has 4 atom stereocenters. The number of aromatic nitrogens is 4. The molecule has 4 aliphatic rings. The van der Waals surface area contributed by atoms with Crippen molar-refractivity contribution in [2.24, 2.45) is 0 Å². The molecule has 0 radical (unpaired) electrons. The van der Waals surface area contributed by atoms with Crippen LogP contribution in [0.25, 0.3) is 32.8 Å². The number of nitrogens with zero attached hydrogens (tertiary/aromatic N) is 4. The minimum absolute atomic E-state index is 0.0135. The van der Waals surface area contributed by atoms with Crippen LogP contribution in [0.15, 0.2) is 24.3 Å². The Morgan fingerprint density at radius 2 is 1.19 bits per heavy atom. The van der Waals surface area contributed by atoms with Crippen LogP contribution >= 0.6 is 0 Å². The minimum Gasteiger partial charge on any atom is -0.342 e. The summed E-state index contributed by atoms with van der Waals surface area (Å²) in [6, 6.07) is 8.64. The predicted octanol–water partition coefficient (Wildman–Crippen LogP) is 3.95. The number of benzene rings is 2. The number of imidazole rings is 2. The minimum atomic E-state index is -0.577. The molecule has 8 rings (SSSR count). The van der Waals surface area contributed by atoms with E-state index < -0.39 is 11.6 Å². The third-order valence-corrected chi connectivity index (χ3v) is 7.28. The highest BCUT2D eigenvalue weighted by Crippen LogP contribution is 2.47. The smallest absolute Gasteiger partial charge is 0.164 e. The maximum atomic E-state index is 6.19. The van der Waals surface area contributed by atoms with E-state index >= 15 is 0 Å². The van der Waals surface area contributed by atoms with E-state index in [1.807, 2.05) is 27.7 Å². The molecule has 0 saturated carbocycles.